The number of carbonyl (C=O) groups is 1. The lowest BCUT2D eigenvalue weighted by Crippen LogP contribution is -2.43. The number of amides is 1. The standard InChI is InChI=1S/C16H24F3N5O2S.HI/c1-24(2)14(25)9-22-15(20-7-11-5-3-4-6-26-11)21-8-13-23-12(10-27-13)16(17,18)19;/h10-11H,3-9H2,1-2H3,(H2,20,21,22);1H. The molecule has 1 amide bonds. The molecule has 0 bridgehead atoms. The normalized spacial score (nSPS) is 17.6. The molecule has 7 nitrogen and oxygen atoms in total. The lowest BCUT2D eigenvalue weighted by atomic mass is 10.1. The number of hydrogen-bond acceptors (Lipinski definition) is 5. The fourth-order valence-electron chi connectivity index (χ4n) is 2.32. The van der Waals surface area contributed by atoms with Gasteiger partial charge in [0.25, 0.3) is 0 Å². The number of hydrogen-bond donors (Lipinski definition) is 2. The van der Waals surface area contributed by atoms with Gasteiger partial charge in [-0.3, -0.25) is 4.79 Å². The third-order valence-electron chi connectivity index (χ3n) is 3.89. The van der Waals surface area contributed by atoms with Crippen molar-refractivity contribution >= 4 is 47.2 Å². The maximum atomic E-state index is 12.6. The van der Waals surface area contributed by atoms with Gasteiger partial charge in [0.15, 0.2) is 11.7 Å². The summed E-state index contributed by atoms with van der Waals surface area (Å²) in [5.74, 6) is 0.154. The Balaban J connectivity index is 0.00000392. The quantitative estimate of drug-likeness (QED) is 0.333. The van der Waals surface area contributed by atoms with E-state index in [0.29, 0.717) is 19.1 Å². The number of thiazole rings is 1. The first-order chi connectivity index (χ1) is 12.8. The summed E-state index contributed by atoms with van der Waals surface area (Å²) in [6.45, 7) is 1.23. The minimum absolute atomic E-state index is 0. The van der Waals surface area contributed by atoms with E-state index in [1.165, 1.54) is 4.90 Å². The lowest BCUT2D eigenvalue weighted by Gasteiger charge is -2.23. The molecule has 1 aliphatic rings. The monoisotopic (exact) mass is 535 g/mol. The van der Waals surface area contributed by atoms with Crippen molar-refractivity contribution in [2.45, 2.75) is 38.1 Å². The molecule has 0 saturated carbocycles. The van der Waals surface area contributed by atoms with Gasteiger partial charge in [0.1, 0.15) is 11.6 Å². The van der Waals surface area contributed by atoms with Crippen molar-refractivity contribution in [2.24, 2.45) is 4.99 Å². The molecule has 28 heavy (non-hydrogen) atoms. The van der Waals surface area contributed by atoms with Crippen LogP contribution in [0.15, 0.2) is 10.4 Å². The van der Waals surface area contributed by atoms with Crippen molar-refractivity contribution in [1.82, 2.24) is 20.5 Å². The fourth-order valence-corrected chi connectivity index (χ4v) is 3.06. The zero-order valence-electron chi connectivity index (χ0n) is 15.7. The average molecular weight is 535 g/mol. The van der Waals surface area contributed by atoms with E-state index in [2.05, 4.69) is 20.6 Å². The highest BCUT2D eigenvalue weighted by molar-refractivity contribution is 14.0. The Morgan fingerprint density at radius 1 is 1.39 bits per heavy atom. The Labute approximate surface area is 183 Å². The number of ether oxygens (including phenoxy) is 1. The van der Waals surface area contributed by atoms with Crippen molar-refractivity contribution < 1.29 is 22.7 Å². The first-order valence-electron chi connectivity index (χ1n) is 8.61. The van der Waals surface area contributed by atoms with Crippen LogP contribution in [0.4, 0.5) is 13.2 Å². The summed E-state index contributed by atoms with van der Waals surface area (Å²) in [5, 5.41) is 7.28. The maximum Gasteiger partial charge on any atom is 0.434 e. The van der Waals surface area contributed by atoms with Gasteiger partial charge in [-0.05, 0) is 19.3 Å². The van der Waals surface area contributed by atoms with E-state index in [-0.39, 0.29) is 54.1 Å². The minimum Gasteiger partial charge on any atom is -0.376 e. The summed E-state index contributed by atoms with van der Waals surface area (Å²) in [6, 6.07) is 0. The van der Waals surface area contributed by atoms with E-state index in [9.17, 15) is 18.0 Å². The number of nitrogens with one attached hydrogen (secondary N) is 2. The molecule has 0 aliphatic carbocycles. The van der Waals surface area contributed by atoms with Crippen LogP contribution in [-0.4, -0.2) is 61.6 Å². The molecule has 1 saturated heterocycles. The van der Waals surface area contributed by atoms with Crippen LogP contribution in [0.25, 0.3) is 0 Å². The molecule has 1 atom stereocenters. The molecular weight excluding hydrogens is 510 g/mol. The van der Waals surface area contributed by atoms with Crippen LogP contribution in [0.2, 0.25) is 0 Å². The second-order valence-electron chi connectivity index (χ2n) is 6.30. The van der Waals surface area contributed by atoms with Crippen LogP contribution >= 0.6 is 35.3 Å². The minimum atomic E-state index is -4.46. The Hall–Kier alpha value is -1.15. The SMILES string of the molecule is CN(C)C(=O)CN=C(NCc1nc(C(F)(F)F)cs1)NCC1CCCCO1.I. The number of alkyl halides is 3. The van der Waals surface area contributed by atoms with Gasteiger partial charge in [-0.1, -0.05) is 0 Å². The lowest BCUT2D eigenvalue weighted by molar-refractivity contribution is -0.140. The van der Waals surface area contributed by atoms with Gasteiger partial charge in [0, 0.05) is 32.6 Å². The van der Waals surface area contributed by atoms with Gasteiger partial charge in [-0.2, -0.15) is 13.2 Å². The topological polar surface area (TPSA) is 78.9 Å². The predicted molar refractivity (Wildman–Crippen MR) is 112 cm³/mol. The summed E-state index contributed by atoms with van der Waals surface area (Å²) < 4.78 is 43.6. The Morgan fingerprint density at radius 3 is 2.71 bits per heavy atom. The summed E-state index contributed by atoms with van der Waals surface area (Å²) in [6.07, 6.45) is -1.35. The summed E-state index contributed by atoms with van der Waals surface area (Å²) in [4.78, 5) is 20.9. The molecule has 12 heteroatoms. The van der Waals surface area contributed by atoms with E-state index >= 15 is 0 Å². The molecule has 1 aromatic heterocycles. The second kappa shape index (κ2) is 11.8. The number of nitrogens with zero attached hydrogens (tertiary/aromatic N) is 3. The molecule has 2 heterocycles. The number of likely N-dealkylation sites (N-methyl/N-ethyl adjacent to an activating group) is 1. The van der Waals surface area contributed by atoms with E-state index in [1.54, 1.807) is 14.1 Å². The smallest absolute Gasteiger partial charge is 0.376 e. The van der Waals surface area contributed by atoms with Gasteiger partial charge in [-0.25, -0.2) is 9.98 Å². The fraction of sp³-hybridized carbons (Fsp3) is 0.688. The van der Waals surface area contributed by atoms with Crippen LogP contribution in [0.1, 0.15) is 30.0 Å². The van der Waals surface area contributed by atoms with Crippen LogP contribution in [0, 0.1) is 0 Å². The van der Waals surface area contributed by atoms with E-state index in [1.807, 2.05) is 0 Å². The number of halogens is 4. The highest BCUT2D eigenvalue weighted by atomic mass is 127. The van der Waals surface area contributed by atoms with Gasteiger partial charge in [-0.15, -0.1) is 35.3 Å². The average Bonchev–Trinajstić information content (AvgIpc) is 3.11. The van der Waals surface area contributed by atoms with Crippen LogP contribution in [0.3, 0.4) is 0 Å². The summed E-state index contributed by atoms with van der Waals surface area (Å²) in [7, 11) is 3.25. The molecule has 0 aromatic carbocycles. The second-order valence-corrected chi connectivity index (χ2v) is 7.24. The molecule has 1 aromatic rings. The van der Waals surface area contributed by atoms with Crippen molar-refractivity contribution in [1.29, 1.82) is 0 Å². The molecule has 2 N–H and O–H groups in total. The zero-order valence-corrected chi connectivity index (χ0v) is 18.9. The van der Waals surface area contributed by atoms with Gasteiger partial charge in [0.2, 0.25) is 5.91 Å². The Kier molecular flexibility index (Phi) is 10.4. The number of aliphatic imine (C=N–C) groups is 1. The van der Waals surface area contributed by atoms with E-state index in [4.69, 9.17) is 4.74 Å². The molecular formula is C16H25F3IN5O2S. The largest absolute Gasteiger partial charge is 0.434 e. The van der Waals surface area contributed by atoms with Gasteiger partial charge >= 0.3 is 6.18 Å². The first-order valence-corrected chi connectivity index (χ1v) is 9.49. The number of guanidine groups is 1. The van der Waals surface area contributed by atoms with Crippen LogP contribution in [-0.2, 0) is 22.3 Å². The van der Waals surface area contributed by atoms with Crippen LogP contribution < -0.4 is 10.6 Å². The molecule has 160 valence electrons. The molecule has 1 aliphatic heterocycles. The van der Waals surface area contributed by atoms with Crippen LogP contribution in [0.5, 0.6) is 0 Å². The van der Waals surface area contributed by atoms with E-state index in [0.717, 1.165) is 36.0 Å². The Morgan fingerprint density at radius 2 is 2.14 bits per heavy atom. The van der Waals surface area contributed by atoms with Crippen molar-refractivity contribution in [3.05, 3.63) is 16.1 Å². The predicted octanol–water partition coefficient (Wildman–Crippen LogP) is 2.47. The molecule has 0 radical (unpaired) electrons. The van der Waals surface area contributed by atoms with Crippen molar-refractivity contribution in [2.75, 3.05) is 33.8 Å². The highest BCUT2D eigenvalue weighted by Crippen LogP contribution is 2.29. The first kappa shape index (κ1) is 24.9. The number of rotatable bonds is 6. The molecule has 0 spiro atoms. The number of aromatic nitrogens is 1. The number of carbonyl (C=O) groups excluding carboxylic acids is 1. The third-order valence-corrected chi connectivity index (χ3v) is 4.74. The Bertz CT molecular complexity index is 648. The maximum absolute atomic E-state index is 12.6. The zero-order chi connectivity index (χ0) is 19.9. The van der Waals surface area contributed by atoms with Crippen molar-refractivity contribution in [3.63, 3.8) is 0 Å². The van der Waals surface area contributed by atoms with Crippen molar-refractivity contribution in [3.8, 4) is 0 Å². The van der Waals surface area contributed by atoms with Gasteiger partial charge in [0.05, 0.1) is 12.6 Å². The summed E-state index contributed by atoms with van der Waals surface area (Å²) >= 11 is 0.918. The third kappa shape index (κ3) is 8.47. The van der Waals surface area contributed by atoms with E-state index < -0.39 is 11.9 Å². The molecule has 2 rings (SSSR count). The van der Waals surface area contributed by atoms with Gasteiger partial charge < -0.3 is 20.3 Å². The molecule has 1 unspecified atom stereocenters. The molecule has 1 fully saturated rings. The highest BCUT2D eigenvalue weighted by Gasteiger charge is 2.33. The summed E-state index contributed by atoms with van der Waals surface area (Å²) in [5.41, 5.74) is -0.908.